The molecule has 0 radical (unpaired) electrons. The van der Waals surface area contributed by atoms with Crippen LogP contribution in [-0.2, 0) is 9.53 Å². The summed E-state index contributed by atoms with van der Waals surface area (Å²) in [5, 5.41) is 17.7. The quantitative estimate of drug-likeness (QED) is 0.673. The molecule has 0 aromatic rings. The van der Waals surface area contributed by atoms with Gasteiger partial charge in [0, 0.05) is 18.4 Å². The third kappa shape index (κ3) is 2.65. The van der Waals surface area contributed by atoms with E-state index in [1.807, 2.05) is 0 Å². The van der Waals surface area contributed by atoms with E-state index in [0.29, 0.717) is 12.2 Å². The van der Waals surface area contributed by atoms with Gasteiger partial charge >= 0.3 is 5.97 Å². The zero-order valence-electron chi connectivity index (χ0n) is 7.80. The van der Waals surface area contributed by atoms with Crippen molar-refractivity contribution in [1.82, 2.24) is 0 Å². The highest BCUT2D eigenvalue weighted by Crippen LogP contribution is 2.23. The molecule has 1 rings (SSSR count). The summed E-state index contributed by atoms with van der Waals surface area (Å²) in [7, 11) is 1.47. The van der Waals surface area contributed by atoms with E-state index >= 15 is 0 Å². The number of carboxylic acids is 1. The number of hydrogen-bond acceptors (Lipinski definition) is 3. The lowest BCUT2D eigenvalue weighted by Crippen LogP contribution is -2.05. The van der Waals surface area contributed by atoms with Crippen LogP contribution in [0.5, 0.6) is 0 Å². The smallest absolute Gasteiger partial charge is 0.327 e. The molecule has 4 nitrogen and oxygen atoms in total. The molecular formula is C10H12O4. The van der Waals surface area contributed by atoms with Gasteiger partial charge in [0.1, 0.15) is 5.76 Å². The second-order valence-electron chi connectivity index (χ2n) is 2.94. The number of methoxy groups -OCH3 is 1. The van der Waals surface area contributed by atoms with Crippen LogP contribution in [0.2, 0.25) is 0 Å². The Bertz CT molecular complexity index is 312. The minimum Gasteiger partial charge on any atom is -0.504 e. The first-order valence-electron chi connectivity index (χ1n) is 4.19. The number of aliphatic hydroxyl groups excluding tert-OH is 1. The largest absolute Gasteiger partial charge is 0.504 e. The van der Waals surface area contributed by atoms with Crippen molar-refractivity contribution < 1.29 is 19.7 Å². The van der Waals surface area contributed by atoms with E-state index in [4.69, 9.17) is 9.84 Å². The highest BCUT2D eigenvalue weighted by molar-refractivity contribution is 5.79. The molecule has 0 fully saturated rings. The molecule has 2 N–H and O–H groups in total. The predicted octanol–water partition coefficient (Wildman–Crippen LogP) is 1.62. The van der Waals surface area contributed by atoms with Crippen LogP contribution < -0.4 is 0 Å². The Hall–Kier alpha value is -1.71. The van der Waals surface area contributed by atoms with E-state index in [1.165, 1.54) is 13.2 Å². The van der Waals surface area contributed by atoms with Crippen LogP contribution in [0.15, 0.2) is 35.8 Å². The Kier molecular flexibility index (Phi) is 3.34. The SMILES string of the molecule is COC1=C(O)C=CC(/C=C/C(=O)O)C1. The molecule has 1 atom stereocenters. The summed E-state index contributed by atoms with van der Waals surface area (Å²) >= 11 is 0. The van der Waals surface area contributed by atoms with E-state index in [1.54, 1.807) is 12.2 Å². The third-order valence-electron chi connectivity index (χ3n) is 1.94. The van der Waals surface area contributed by atoms with Crippen LogP contribution in [0.1, 0.15) is 6.42 Å². The Morgan fingerprint density at radius 2 is 2.43 bits per heavy atom. The molecule has 0 spiro atoms. The fraction of sp³-hybridized carbons (Fsp3) is 0.300. The molecule has 14 heavy (non-hydrogen) atoms. The molecule has 4 heteroatoms. The van der Waals surface area contributed by atoms with Crippen LogP contribution in [0, 0.1) is 5.92 Å². The highest BCUT2D eigenvalue weighted by atomic mass is 16.5. The standard InChI is InChI=1S/C10H12O4/c1-14-9-6-7(2-4-8(9)11)3-5-10(12)13/h2-5,7,11H,6H2,1H3,(H,12,13)/b5-3+. The van der Waals surface area contributed by atoms with Crippen molar-refractivity contribution in [2.24, 2.45) is 5.92 Å². The zero-order valence-corrected chi connectivity index (χ0v) is 7.80. The number of carbonyl (C=O) groups is 1. The van der Waals surface area contributed by atoms with E-state index < -0.39 is 5.97 Å². The molecule has 0 amide bonds. The minimum absolute atomic E-state index is 0.0306. The van der Waals surface area contributed by atoms with Crippen LogP contribution in [0.4, 0.5) is 0 Å². The Balaban J connectivity index is 2.65. The zero-order chi connectivity index (χ0) is 10.6. The van der Waals surface area contributed by atoms with Gasteiger partial charge in [-0.15, -0.1) is 0 Å². The fourth-order valence-corrected chi connectivity index (χ4v) is 1.22. The average molecular weight is 196 g/mol. The summed E-state index contributed by atoms with van der Waals surface area (Å²) in [6.07, 6.45) is 6.38. The molecule has 0 aromatic heterocycles. The van der Waals surface area contributed by atoms with Gasteiger partial charge < -0.3 is 14.9 Å². The van der Waals surface area contributed by atoms with Gasteiger partial charge in [-0.25, -0.2) is 4.79 Å². The van der Waals surface area contributed by atoms with Crippen molar-refractivity contribution in [1.29, 1.82) is 0 Å². The van der Waals surface area contributed by atoms with E-state index in [0.717, 1.165) is 6.08 Å². The molecule has 0 aliphatic heterocycles. The van der Waals surface area contributed by atoms with Crippen molar-refractivity contribution in [3.8, 4) is 0 Å². The molecule has 1 unspecified atom stereocenters. The third-order valence-corrected chi connectivity index (χ3v) is 1.94. The first-order valence-corrected chi connectivity index (χ1v) is 4.19. The number of ether oxygens (including phenoxy) is 1. The maximum atomic E-state index is 10.3. The summed E-state index contributed by atoms with van der Waals surface area (Å²) in [5.74, 6) is -0.423. The van der Waals surface area contributed by atoms with E-state index in [-0.39, 0.29) is 11.7 Å². The maximum Gasteiger partial charge on any atom is 0.327 e. The lowest BCUT2D eigenvalue weighted by atomic mass is 9.98. The monoisotopic (exact) mass is 196 g/mol. The maximum absolute atomic E-state index is 10.3. The Morgan fingerprint density at radius 1 is 1.71 bits per heavy atom. The number of allylic oxidation sites excluding steroid dienone is 4. The van der Waals surface area contributed by atoms with Gasteiger partial charge in [0.2, 0.25) is 0 Å². The van der Waals surface area contributed by atoms with Gasteiger partial charge in [0.25, 0.3) is 0 Å². The highest BCUT2D eigenvalue weighted by Gasteiger charge is 2.14. The summed E-state index contributed by atoms with van der Waals surface area (Å²) in [5.41, 5.74) is 0. The summed E-state index contributed by atoms with van der Waals surface area (Å²) in [6, 6.07) is 0. The second-order valence-corrected chi connectivity index (χ2v) is 2.94. The fourth-order valence-electron chi connectivity index (χ4n) is 1.22. The minimum atomic E-state index is -0.976. The number of carboxylic acid groups (broad SMARTS) is 1. The molecule has 76 valence electrons. The van der Waals surface area contributed by atoms with Gasteiger partial charge in [-0.2, -0.15) is 0 Å². The van der Waals surface area contributed by atoms with Crippen molar-refractivity contribution >= 4 is 5.97 Å². The number of hydrogen-bond donors (Lipinski definition) is 2. The van der Waals surface area contributed by atoms with Crippen LogP contribution >= 0.6 is 0 Å². The summed E-state index contributed by atoms with van der Waals surface area (Å²) in [6.45, 7) is 0. The first-order chi connectivity index (χ1) is 6.63. The van der Waals surface area contributed by atoms with Gasteiger partial charge in [-0.1, -0.05) is 12.2 Å². The lowest BCUT2D eigenvalue weighted by Gasteiger charge is -2.15. The first kappa shape index (κ1) is 10.4. The molecule has 1 aliphatic rings. The molecule has 0 bridgehead atoms. The summed E-state index contributed by atoms with van der Waals surface area (Å²) in [4.78, 5) is 10.3. The number of aliphatic hydroxyl groups is 1. The molecule has 0 saturated heterocycles. The topological polar surface area (TPSA) is 66.8 Å². The summed E-state index contributed by atoms with van der Waals surface area (Å²) < 4.78 is 4.94. The van der Waals surface area contributed by atoms with Gasteiger partial charge in [-0.3, -0.25) is 0 Å². The van der Waals surface area contributed by atoms with Crippen molar-refractivity contribution in [3.05, 3.63) is 35.8 Å². The van der Waals surface area contributed by atoms with Crippen LogP contribution in [0.25, 0.3) is 0 Å². The van der Waals surface area contributed by atoms with E-state index in [2.05, 4.69) is 0 Å². The molecule has 0 aromatic carbocycles. The molecule has 0 saturated carbocycles. The average Bonchev–Trinajstić information content (AvgIpc) is 2.16. The lowest BCUT2D eigenvalue weighted by molar-refractivity contribution is -0.131. The van der Waals surface area contributed by atoms with Crippen LogP contribution in [-0.4, -0.2) is 23.3 Å². The van der Waals surface area contributed by atoms with Gasteiger partial charge in [0.15, 0.2) is 5.76 Å². The van der Waals surface area contributed by atoms with Crippen molar-refractivity contribution in [2.45, 2.75) is 6.42 Å². The van der Waals surface area contributed by atoms with Gasteiger partial charge in [0.05, 0.1) is 7.11 Å². The van der Waals surface area contributed by atoms with Crippen molar-refractivity contribution in [2.75, 3.05) is 7.11 Å². The molecular weight excluding hydrogens is 184 g/mol. The Labute approximate surface area is 81.8 Å². The van der Waals surface area contributed by atoms with Crippen molar-refractivity contribution in [3.63, 3.8) is 0 Å². The molecule has 1 aliphatic carbocycles. The normalized spacial score (nSPS) is 21.6. The molecule has 0 heterocycles. The Morgan fingerprint density at radius 3 is 3.00 bits per heavy atom. The van der Waals surface area contributed by atoms with Crippen LogP contribution in [0.3, 0.4) is 0 Å². The second kappa shape index (κ2) is 4.50. The van der Waals surface area contributed by atoms with Gasteiger partial charge in [-0.05, 0) is 6.08 Å². The van der Waals surface area contributed by atoms with E-state index in [9.17, 15) is 9.90 Å². The number of aliphatic carboxylic acids is 1. The number of rotatable bonds is 3. The predicted molar refractivity (Wildman–Crippen MR) is 50.7 cm³/mol.